The lowest BCUT2D eigenvalue weighted by Crippen LogP contribution is -2.16. The van der Waals surface area contributed by atoms with Crippen molar-refractivity contribution in [2.24, 2.45) is 0 Å². The first-order chi connectivity index (χ1) is 15.1. The van der Waals surface area contributed by atoms with E-state index in [9.17, 15) is 14.4 Å². The van der Waals surface area contributed by atoms with E-state index >= 15 is 0 Å². The maximum atomic E-state index is 12.9. The Morgan fingerprint density at radius 3 is 2.26 bits per heavy atom. The van der Waals surface area contributed by atoms with Gasteiger partial charge in [0.2, 0.25) is 0 Å². The van der Waals surface area contributed by atoms with Crippen molar-refractivity contribution in [3.63, 3.8) is 0 Å². The Morgan fingerprint density at radius 2 is 1.55 bits per heavy atom. The first-order valence-electron chi connectivity index (χ1n) is 10.4. The van der Waals surface area contributed by atoms with Crippen molar-refractivity contribution in [2.45, 2.75) is 32.6 Å². The number of carbonyl (C=O) groups is 3. The highest BCUT2D eigenvalue weighted by Gasteiger charge is 2.27. The molecule has 0 saturated heterocycles. The van der Waals surface area contributed by atoms with Crippen LogP contribution in [0.25, 0.3) is 0 Å². The van der Waals surface area contributed by atoms with E-state index < -0.39 is 0 Å². The zero-order valence-corrected chi connectivity index (χ0v) is 18.1. The maximum Gasteiger partial charge on any atom is 0.341 e. The van der Waals surface area contributed by atoms with Crippen LogP contribution in [-0.2, 0) is 17.6 Å². The van der Waals surface area contributed by atoms with Crippen molar-refractivity contribution in [3.05, 3.63) is 87.3 Å². The number of hydrogen-bond acceptors (Lipinski definition) is 5. The number of carbonyl (C=O) groups excluding carboxylic acids is 3. The van der Waals surface area contributed by atoms with Crippen molar-refractivity contribution < 1.29 is 19.1 Å². The Bertz CT molecular complexity index is 1120. The molecule has 1 N–H and O–H groups in total. The van der Waals surface area contributed by atoms with Gasteiger partial charge in [-0.3, -0.25) is 9.59 Å². The van der Waals surface area contributed by atoms with Crippen LogP contribution in [0.4, 0.5) is 5.00 Å². The second-order valence-corrected chi connectivity index (χ2v) is 8.47. The number of anilines is 1. The molecule has 5 nitrogen and oxygen atoms in total. The lowest BCUT2D eigenvalue weighted by Gasteiger charge is -2.12. The second kappa shape index (κ2) is 9.27. The van der Waals surface area contributed by atoms with E-state index in [1.54, 1.807) is 43.3 Å². The van der Waals surface area contributed by atoms with Crippen LogP contribution in [0.1, 0.15) is 66.8 Å². The summed E-state index contributed by atoms with van der Waals surface area (Å²) in [5.41, 5.74) is 3.04. The standard InChI is InChI=1S/C25H23NO4S/c1-2-30-25(29)21-19-10-6-7-11-20(19)31-24(21)26-23(28)18-14-12-17(13-15-18)22(27)16-8-4-3-5-9-16/h3-5,8-9,12-15H,2,6-7,10-11H2,1H3,(H,26,28). The van der Waals surface area contributed by atoms with E-state index in [0.717, 1.165) is 36.1 Å². The molecule has 0 bridgehead atoms. The van der Waals surface area contributed by atoms with Gasteiger partial charge in [0, 0.05) is 21.6 Å². The molecule has 158 valence electrons. The number of fused-ring (bicyclic) bond motifs is 1. The van der Waals surface area contributed by atoms with Gasteiger partial charge in [0.05, 0.1) is 12.2 Å². The van der Waals surface area contributed by atoms with Crippen LogP contribution in [0.15, 0.2) is 54.6 Å². The molecule has 1 heterocycles. The highest BCUT2D eigenvalue weighted by Crippen LogP contribution is 2.38. The highest BCUT2D eigenvalue weighted by molar-refractivity contribution is 7.17. The summed E-state index contributed by atoms with van der Waals surface area (Å²) < 4.78 is 5.24. The van der Waals surface area contributed by atoms with Crippen LogP contribution in [0.5, 0.6) is 0 Å². The van der Waals surface area contributed by atoms with Gasteiger partial charge in [0.25, 0.3) is 5.91 Å². The zero-order valence-electron chi connectivity index (χ0n) is 17.3. The van der Waals surface area contributed by atoms with Gasteiger partial charge in [-0.15, -0.1) is 11.3 Å². The molecule has 2 aromatic carbocycles. The van der Waals surface area contributed by atoms with Crippen molar-refractivity contribution in [3.8, 4) is 0 Å². The molecule has 6 heteroatoms. The van der Waals surface area contributed by atoms with Crippen LogP contribution in [0.3, 0.4) is 0 Å². The van der Waals surface area contributed by atoms with Crippen LogP contribution in [0.2, 0.25) is 0 Å². The van der Waals surface area contributed by atoms with Crippen LogP contribution in [-0.4, -0.2) is 24.3 Å². The second-order valence-electron chi connectivity index (χ2n) is 7.36. The summed E-state index contributed by atoms with van der Waals surface area (Å²) in [6.07, 6.45) is 3.85. The van der Waals surface area contributed by atoms with E-state index in [2.05, 4.69) is 5.32 Å². The minimum Gasteiger partial charge on any atom is -0.462 e. The molecule has 1 aromatic heterocycles. The molecule has 1 aliphatic carbocycles. The van der Waals surface area contributed by atoms with Gasteiger partial charge >= 0.3 is 5.97 Å². The predicted molar refractivity (Wildman–Crippen MR) is 121 cm³/mol. The Morgan fingerprint density at radius 1 is 0.903 bits per heavy atom. The average molecular weight is 434 g/mol. The van der Waals surface area contributed by atoms with E-state index in [-0.39, 0.29) is 24.3 Å². The average Bonchev–Trinajstić information content (AvgIpc) is 3.17. The molecule has 0 saturated carbocycles. The summed E-state index contributed by atoms with van der Waals surface area (Å²) in [6.45, 7) is 2.06. The fourth-order valence-corrected chi connectivity index (χ4v) is 5.05. The van der Waals surface area contributed by atoms with Gasteiger partial charge in [-0.05, 0) is 50.3 Å². The maximum absolute atomic E-state index is 12.9. The molecule has 0 unspecified atom stereocenters. The van der Waals surface area contributed by atoms with Gasteiger partial charge < -0.3 is 10.1 Å². The van der Waals surface area contributed by atoms with Crippen LogP contribution < -0.4 is 5.32 Å². The number of esters is 1. The summed E-state index contributed by atoms with van der Waals surface area (Å²) in [6, 6.07) is 15.6. The minimum absolute atomic E-state index is 0.0944. The summed E-state index contributed by atoms with van der Waals surface area (Å²) in [7, 11) is 0. The summed E-state index contributed by atoms with van der Waals surface area (Å²) in [4.78, 5) is 39.1. The molecule has 31 heavy (non-hydrogen) atoms. The SMILES string of the molecule is CCOC(=O)c1c(NC(=O)c2ccc(C(=O)c3ccccc3)cc2)sc2c1CCCC2. The molecule has 4 rings (SSSR count). The lowest BCUT2D eigenvalue weighted by molar-refractivity contribution is 0.0526. The Hall–Kier alpha value is -3.25. The first kappa shape index (κ1) is 21.0. The van der Waals surface area contributed by atoms with Crippen LogP contribution in [0, 0.1) is 0 Å². The molecule has 0 radical (unpaired) electrons. The van der Waals surface area contributed by atoms with Gasteiger partial charge in [-0.2, -0.15) is 0 Å². The minimum atomic E-state index is -0.388. The number of benzene rings is 2. The largest absolute Gasteiger partial charge is 0.462 e. The van der Waals surface area contributed by atoms with E-state index in [0.29, 0.717) is 27.3 Å². The zero-order chi connectivity index (χ0) is 21.8. The third-order valence-corrected chi connectivity index (χ3v) is 6.53. The normalized spacial score (nSPS) is 12.7. The summed E-state index contributed by atoms with van der Waals surface area (Å²) in [5.74, 6) is -0.799. The van der Waals surface area contributed by atoms with Crippen LogP contribution >= 0.6 is 11.3 Å². The fraction of sp³-hybridized carbons (Fsp3) is 0.240. The molecular formula is C25H23NO4S. The number of thiophene rings is 1. The summed E-state index contributed by atoms with van der Waals surface area (Å²) in [5, 5.41) is 3.44. The van der Waals surface area contributed by atoms with Crippen molar-refractivity contribution in [1.82, 2.24) is 0 Å². The van der Waals surface area contributed by atoms with Gasteiger partial charge in [-0.25, -0.2) is 4.79 Å². The number of nitrogens with one attached hydrogen (secondary N) is 1. The lowest BCUT2D eigenvalue weighted by atomic mass is 9.95. The Kier molecular flexibility index (Phi) is 6.28. The number of rotatable bonds is 6. The number of hydrogen-bond donors (Lipinski definition) is 1. The number of ketones is 1. The third kappa shape index (κ3) is 4.44. The summed E-state index contributed by atoms with van der Waals surface area (Å²) >= 11 is 1.46. The van der Waals surface area contributed by atoms with E-state index in [1.165, 1.54) is 11.3 Å². The molecule has 3 aromatic rings. The molecule has 0 spiro atoms. The van der Waals surface area contributed by atoms with Crippen molar-refractivity contribution in [2.75, 3.05) is 11.9 Å². The highest BCUT2D eigenvalue weighted by atomic mass is 32.1. The molecule has 0 fully saturated rings. The topological polar surface area (TPSA) is 72.5 Å². The number of amides is 1. The Labute approximate surface area is 185 Å². The molecule has 0 aliphatic heterocycles. The molecule has 1 aliphatic rings. The fourth-order valence-electron chi connectivity index (χ4n) is 3.78. The number of aryl methyl sites for hydroxylation is 1. The van der Waals surface area contributed by atoms with Crippen molar-refractivity contribution >= 4 is 34.0 Å². The first-order valence-corrected chi connectivity index (χ1v) is 11.2. The van der Waals surface area contributed by atoms with Gasteiger partial charge in [0.15, 0.2) is 5.78 Å². The molecular weight excluding hydrogens is 410 g/mol. The quantitative estimate of drug-likeness (QED) is 0.424. The Balaban J connectivity index is 1.55. The van der Waals surface area contributed by atoms with Crippen molar-refractivity contribution in [1.29, 1.82) is 0 Å². The monoisotopic (exact) mass is 433 g/mol. The third-order valence-electron chi connectivity index (χ3n) is 5.32. The van der Waals surface area contributed by atoms with Gasteiger partial charge in [-0.1, -0.05) is 42.5 Å². The van der Waals surface area contributed by atoms with E-state index in [4.69, 9.17) is 4.74 Å². The van der Waals surface area contributed by atoms with Gasteiger partial charge in [0.1, 0.15) is 5.00 Å². The molecule has 1 amide bonds. The van der Waals surface area contributed by atoms with E-state index in [1.807, 2.05) is 18.2 Å². The number of ether oxygens (including phenoxy) is 1. The predicted octanol–water partition coefficient (Wildman–Crippen LogP) is 5.29. The smallest absolute Gasteiger partial charge is 0.341 e. The molecule has 0 atom stereocenters.